The highest BCUT2D eigenvalue weighted by atomic mass is 16.5. The number of Topliss-reactive ketones (excluding diaryl/α,β-unsaturated/α-hetero) is 1. The van der Waals surface area contributed by atoms with Crippen LogP contribution in [0.2, 0.25) is 0 Å². The summed E-state index contributed by atoms with van der Waals surface area (Å²) < 4.78 is 10.6. The van der Waals surface area contributed by atoms with Crippen molar-refractivity contribution in [3.63, 3.8) is 0 Å². The van der Waals surface area contributed by atoms with Gasteiger partial charge in [0, 0.05) is 13.2 Å². The van der Waals surface area contributed by atoms with E-state index in [-0.39, 0.29) is 24.4 Å². The SMILES string of the molecule is CCCOCC(=O)C(OCC)C(C)C. The van der Waals surface area contributed by atoms with Crippen LogP contribution < -0.4 is 0 Å². The molecule has 3 heteroatoms. The topological polar surface area (TPSA) is 35.5 Å². The maximum atomic E-state index is 11.6. The monoisotopic (exact) mass is 202 g/mol. The molecule has 0 bridgehead atoms. The Bertz CT molecular complexity index is 155. The third kappa shape index (κ3) is 5.35. The second-order valence-corrected chi connectivity index (χ2v) is 3.64. The van der Waals surface area contributed by atoms with Crippen molar-refractivity contribution in [2.75, 3.05) is 19.8 Å². The Morgan fingerprint density at radius 3 is 2.36 bits per heavy atom. The van der Waals surface area contributed by atoms with Gasteiger partial charge in [0.05, 0.1) is 0 Å². The standard InChI is InChI=1S/C11H22O3/c1-5-7-13-8-10(12)11(9(3)4)14-6-2/h9,11H,5-8H2,1-4H3. The molecule has 1 atom stereocenters. The number of ketones is 1. The van der Waals surface area contributed by atoms with Crippen LogP contribution in [-0.2, 0) is 14.3 Å². The van der Waals surface area contributed by atoms with Gasteiger partial charge in [-0.2, -0.15) is 0 Å². The molecule has 0 aromatic rings. The van der Waals surface area contributed by atoms with E-state index in [1.807, 2.05) is 27.7 Å². The largest absolute Gasteiger partial charge is 0.374 e. The van der Waals surface area contributed by atoms with Gasteiger partial charge in [0.1, 0.15) is 12.7 Å². The Hall–Kier alpha value is -0.410. The molecular weight excluding hydrogens is 180 g/mol. The van der Waals surface area contributed by atoms with E-state index < -0.39 is 0 Å². The second-order valence-electron chi connectivity index (χ2n) is 3.64. The molecule has 0 aliphatic carbocycles. The summed E-state index contributed by atoms with van der Waals surface area (Å²) in [6.07, 6.45) is 0.630. The van der Waals surface area contributed by atoms with E-state index in [0.29, 0.717) is 13.2 Å². The quantitative estimate of drug-likeness (QED) is 0.565. The van der Waals surface area contributed by atoms with Gasteiger partial charge in [-0.3, -0.25) is 4.79 Å². The summed E-state index contributed by atoms with van der Waals surface area (Å²) in [4.78, 5) is 11.6. The predicted octanol–water partition coefficient (Wildman–Crippen LogP) is 2.04. The molecule has 0 saturated carbocycles. The molecule has 3 nitrogen and oxygen atoms in total. The van der Waals surface area contributed by atoms with Gasteiger partial charge in [0.15, 0.2) is 5.78 Å². The summed E-state index contributed by atoms with van der Waals surface area (Å²) in [7, 11) is 0. The molecule has 0 radical (unpaired) electrons. The first-order valence-electron chi connectivity index (χ1n) is 5.35. The number of carbonyl (C=O) groups is 1. The Morgan fingerprint density at radius 1 is 1.29 bits per heavy atom. The number of carbonyl (C=O) groups excluding carboxylic acids is 1. The molecule has 0 heterocycles. The first-order chi connectivity index (χ1) is 6.63. The number of hydrogen-bond acceptors (Lipinski definition) is 3. The van der Waals surface area contributed by atoms with Crippen LogP contribution in [0.3, 0.4) is 0 Å². The lowest BCUT2D eigenvalue weighted by molar-refractivity contribution is -0.137. The minimum atomic E-state index is -0.308. The molecule has 0 saturated heterocycles. The van der Waals surface area contributed by atoms with Gasteiger partial charge in [-0.25, -0.2) is 0 Å². The first-order valence-corrected chi connectivity index (χ1v) is 5.35. The molecule has 0 aliphatic heterocycles. The zero-order chi connectivity index (χ0) is 11.0. The fourth-order valence-electron chi connectivity index (χ4n) is 1.24. The van der Waals surface area contributed by atoms with Crippen LogP contribution in [0.4, 0.5) is 0 Å². The van der Waals surface area contributed by atoms with Gasteiger partial charge in [-0.05, 0) is 19.3 Å². The fraction of sp³-hybridized carbons (Fsp3) is 0.909. The lowest BCUT2D eigenvalue weighted by Gasteiger charge is -2.19. The van der Waals surface area contributed by atoms with E-state index in [2.05, 4.69) is 0 Å². The lowest BCUT2D eigenvalue weighted by Crippen LogP contribution is -2.32. The van der Waals surface area contributed by atoms with Crippen LogP contribution in [0, 0.1) is 5.92 Å². The fourth-order valence-corrected chi connectivity index (χ4v) is 1.24. The average molecular weight is 202 g/mol. The molecule has 84 valence electrons. The Labute approximate surface area is 86.8 Å². The molecule has 0 rings (SSSR count). The van der Waals surface area contributed by atoms with Crippen LogP contribution in [0.25, 0.3) is 0 Å². The molecule has 0 aromatic heterocycles. The van der Waals surface area contributed by atoms with Gasteiger partial charge in [-0.1, -0.05) is 20.8 Å². The molecule has 0 N–H and O–H groups in total. The summed E-state index contributed by atoms with van der Waals surface area (Å²) in [6.45, 7) is 9.28. The van der Waals surface area contributed by atoms with Crippen molar-refractivity contribution >= 4 is 5.78 Å². The third-order valence-corrected chi connectivity index (χ3v) is 1.86. The van der Waals surface area contributed by atoms with Crippen molar-refractivity contribution in [1.82, 2.24) is 0 Å². The minimum absolute atomic E-state index is 0.0512. The Morgan fingerprint density at radius 2 is 1.93 bits per heavy atom. The van der Waals surface area contributed by atoms with E-state index in [1.54, 1.807) is 0 Å². The minimum Gasteiger partial charge on any atom is -0.374 e. The third-order valence-electron chi connectivity index (χ3n) is 1.86. The summed E-state index contributed by atoms with van der Waals surface area (Å²) in [5.74, 6) is 0.267. The molecule has 1 unspecified atom stereocenters. The molecule has 14 heavy (non-hydrogen) atoms. The van der Waals surface area contributed by atoms with Crippen molar-refractivity contribution in [2.24, 2.45) is 5.92 Å². The highest BCUT2D eigenvalue weighted by molar-refractivity contribution is 5.84. The zero-order valence-corrected chi connectivity index (χ0v) is 9.71. The van der Waals surface area contributed by atoms with Gasteiger partial charge >= 0.3 is 0 Å². The maximum Gasteiger partial charge on any atom is 0.187 e. The first kappa shape index (κ1) is 13.6. The zero-order valence-electron chi connectivity index (χ0n) is 9.71. The predicted molar refractivity (Wildman–Crippen MR) is 56.4 cm³/mol. The molecule has 0 fully saturated rings. The number of rotatable bonds is 8. The van der Waals surface area contributed by atoms with Crippen molar-refractivity contribution in [1.29, 1.82) is 0 Å². The summed E-state index contributed by atoms with van der Waals surface area (Å²) in [6, 6.07) is 0. The maximum absolute atomic E-state index is 11.6. The van der Waals surface area contributed by atoms with Crippen molar-refractivity contribution in [2.45, 2.75) is 40.2 Å². The van der Waals surface area contributed by atoms with Gasteiger partial charge in [-0.15, -0.1) is 0 Å². The Kier molecular flexibility index (Phi) is 7.71. The molecule has 0 amide bonds. The molecule has 0 spiro atoms. The van der Waals surface area contributed by atoms with Crippen molar-refractivity contribution in [3.05, 3.63) is 0 Å². The molecule has 0 aromatic carbocycles. The normalized spacial score (nSPS) is 13.2. The summed E-state index contributed by atoms with van der Waals surface area (Å²) in [5.41, 5.74) is 0. The van der Waals surface area contributed by atoms with E-state index in [1.165, 1.54) is 0 Å². The van der Waals surface area contributed by atoms with E-state index in [9.17, 15) is 4.79 Å². The second kappa shape index (κ2) is 7.94. The van der Waals surface area contributed by atoms with Crippen LogP contribution in [0.1, 0.15) is 34.1 Å². The van der Waals surface area contributed by atoms with E-state index in [4.69, 9.17) is 9.47 Å². The van der Waals surface area contributed by atoms with Crippen LogP contribution in [0.15, 0.2) is 0 Å². The van der Waals surface area contributed by atoms with Crippen molar-refractivity contribution < 1.29 is 14.3 Å². The van der Waals surface area contributed by atoms with Crippen LogP contribution in [-0.4, -0.2) is 31.7 Å². The average Bonchev–Trinajstić information content (AvgIpc) is 2.13. The van der Waals surface area contributed by atoms with Gasteiger partial charge in [0.2, 0.25) is 0 Å². The number of ether oxygens (including phenoxy) is 2. The summed E-state index contributed by atoms with van der Waals surface area (Å²) >= 11 is 0. The highest BCUT2D eigenvalue weighted by Crippen LogP contribution is 2.08. The number of hydrogen-bond donors (Lipinski definition) is 0. The smallest absolute Gasteiger partial charge is 0.187 e. The van der Waals surface area contributed by atoms with Crippen LogP contribution >= 0.6 is 0 Å². The van der Waals surface area contributed by atoms with Gasteiger partial charge in [0.25, 0.3) is 0 Å². The Balaban J connectivity index is 3.89. The van der Waals surface area contributed by atoms with E-state index in [0.717, 1.165) is 6.42 Å². The molecule has 0 aliphatic rings. The molecular formula is C11H22O3. The summed E-state index contributed by atoms with van der Waals surface area (Å²) in [5, 5.41) is 0. The van der Waals surface area contributed by atoms with Crippen molar-refractivity contribution in [3.8, 4) is 0 Å². The lowest BCUT2D eigenvalue weighted by atomic mass is 10.0. The van der Waals surface area contributed by atoms with Crippen LogP contribution in [0.5, 0.6) is 0 Å². The van der Waals surface area contributed by atoms with E-state index >= 15 is 0 Å². The van der Waals surface area contributed by atoms with Gasteiger partial charge < -0.3 is 9.47 Å². The highest BCUT2D eigenvalue weighted by Gasteiger charge is 2.21.